The second kappa shape index (κ2) is 7.78. The number of pyridine rings is 2. The van der Waals surface area contributed by atoms with E-state index in [0.717, 1.165) is 27.8 Å². The Morgan fingerprint density at radius 2 is 1.82 bits per heavy atom. The predicted molar refractivity (Wildman–Crippen MR) is 114 cm³/mol. The smallest absolute Gasteiger partial charge is 0.145 e. The minimum atomic E-state index is -0.127. The predicted octanol–water partition coefficient (Wildman–Crippen LogP) is 6.33. The highest BCUT2D eigenvalue weighted by Crippen LogP contribution is 2.38. The average Bonchev–Trinajstić information content (AvgIpc) is 2.68. The molecule has 1 N–H and O–H groups in total. The van der Waals surface area contributed by atoms with Crippen molar-refractivity contribution in [1.82, 2.24) is 9.97 Å². The molecular weight excluding hydrogens is 391 g/mol. The van der Waals surface area contributed by atoms with Gasteiger partial charge in [0.05, 0.1) is 5.02 Å². The zero-order chi connectivity index (χ0) is 19.7. The van der Waals surface area contributed by atoms with Crippen molar-refractivity contribution in [1.29, 1.82) is 0 Å². The van der Waals surface area contributed by atoms with Crippen LogP contribution in [0.1, 0.15) is 28.3 Å². The van der Waals surface area contributed by atoms with Crippen LogP contribution in [0.3, 0.4) is 0 Å². The van der Waals surface area contributed by atoms with Crippen LogP contribution in [0.5, 0.6) is 5.75 Å². The molecule has 0 aliphatic heterocycles. The highest BCUT2D eigenvalue weighted by atomic mass is 35.5. The van der Waals surface area contributed by atoms with Crippen LogP contribution in [-0.2, 0) is 6.42 Å². The summed E-state index contributed by atoms with van der Waals surface area (Å²) in [6.07, 6.45) is 3.95. The molecular formula is C23H18Cl2N2O. The number of nitrogens with zero attached hydrogens (tertiary/aromatic N) is 2. The summed E-state index contributed by atoms with van der Waals surface area (Å²) in [4.78, 5) is 8.88. The van der Waals surface area contributed by atoms with Crippen LogP contribution in [0.2, 0.25) is 10.0 Å². The molecule has 0 spiro atoms. The molecule has 3 nitrogen and oxygen atoms in total. The molecule has 0 saturated heterocycles. The molecule has 4 rings (SSSR count). The third-order valence-electron chi connectivity index (χ3n) is 4.96. The van der Waals surface area contributed by atoms with Gasteiger partial charge in [0.25, 0.3) is 0 Å². The normalized spacial score (nSPS) is 12.2. The molecule has 140 valence electrons. The Labute approximate surface area is 173 Å². The van der Waals surface area contributed by atoms with Gasteiger partial charge in [-0.1, -0.05) is 53.5 Å². The van der Waals surface area contributed by atoms with Crippen molar-refractivity contribution in [3.05, 3.63) is 99.4 Å². The minimum Gasteiger partial charge on any atom is -0.505 e. The lowest BCUT2D eigenvalue weighted by atomic mass is 9.85. The number of hydrogen-bond acceptors (Lipinski definition) is 3. The zero-order valence-electron chi connectivity index (χ0n) is 15.2. The summed E-state index contributed by atoms with van der Waals surface area (Å²) in [5, 5.41) is 13.2. The molecule has 0 amide bonds. The molecule has 28 heavy (non-hydrogen) atoms. The maximum Gasteiger partial charge on any atom is 0.145 e. The second-order valence-corrected chi connectivity index (χ2v) is 7.68. The van der Waals surface area contributed by atoms with Gasteiger partial charge in [0.1, 0.15) is 11.3 Å². The standard InChI is InChI=1S/C23H18Cl2N2O/c1-14-10-18(25)13-27-21(14)12-20(16-4-2-6-17(24)11-16)19-8-7-15-5-3-9-26-22(15)23(19)28/h2-11,13,20,28H,12H2,1H3. The van der Waals surface area contributed by atoms with E-state index in [1.807, 2.05) is 61.5 Å². The largest absolute Gasteiger partial charge is 0.505 e. The number of aryl methyl sites for hydroxylation is 1. The van der Waals surface area contributed by atoms with Gasteiger partial charge < -0.3 is 5.11 Å². The maximum absolute atomic E-state index is 11.0. The fraction of sp³-hybridized carbons (Fsp3) is 0.130. The molecule has 0 bridgehead atoms. The highest BCUT2D eigenvalue weighted by molar-refractivity contribution is 6.30. The Kier molecular flexibility index (Phi) is 5.21. The first-order valence-corrected chi connectivity index (χ1v) is 9.71. The number of phenolic OH excluding ortho intramolecular Hbond substituents is 1. The number of fused-ring (bicyclic) bond motifs is 1. The first kappa shape index (κ1) is 18.7. The van der Waals surface area contributed by atoms with E-state index in [2.05, 4.69) is 9.97 Å². The molecule has 0 aliphatic rings. The van der Waals surface area contributed by atoms with E-state index < -0.39 is 0 Å². The van der Waals surface area contributed by atoms with Gasteiger partial charge in [-0.2, -0.15) is 0 Å². The highest BCUT2D eigenvalue weighted by Gasteiger charge is 2.22. The monoisotopic (exact) mass is 408 g/mol. The summed E-state index contributed by atoms with van der Waals surface area (Å²) < 4.78 is 0. The van der Waals surface area contributed by atoms with Crippen LogP contribution in [0.25, 0.3) is 10.9 Å². The molecule has 0 aliphatic carbocycles. The van der Waals surface area contributed by atoms with E-state index in [4.69, 9.17) is 23.2 Å². The maximum atomic E-state index is 11.0. The summed E-state index contributed by atoms with van der Waals surface area (Å²) >= 11 is 12.3. The topological polar surface area (TPSA) is 46.0 Å². The summed E-state index contributed by atoms with van der Waals surface area (Å²) in [5.41, 5.74) is 4.33. The van der Waals surface area contributed by atoms with E-state index in [0.29, 0.717) is 22.0 Å². The average molecular weight is 409 g/mol. The molecule has 5 heteroatoms. The van der Waals surface area contributed by atoms with Crippen LogP contribution in [0, 0.1) is 6.92 Å². The number of phenols is 1. The fourth-order valence-electron chi connectivity index (χ4n) is 3.53. The van der Waals surface area contributed by atoms with Gasteiger partial charge >= 0.3 is 0 Å². The van der Waals surface area contributed by atoms with Gasteiger partial charge in [-0.25, -0.2) is 0 Å². The summed E-state index contributed by atoms with van der Waals surface area (Å²) in [6, 6.07) is 17.3. The first-order chi connectivity index (χ1) is 13.5. The van der Waals surface area contributed by atoms with Gasteiger partial charge in [-0.05, 0) is 42.3 Å². The minimum absolute atomic E-state index is 0.127. The van der Waals surface area contributed by atoms with Gasteiger partial charge in [0.15, 0.2) is 0 Å². The van der Waals surface area contributed by atoms with Crippen molar-refractivity contribution in [3.63, 3.8) is 0 Å². The van der Waals surface area contributed by atoms with E-state index in [1.165, 1.54) is 0 Å². The van der Waals surface area contributed by atoms with E-state index in [-0.39, 0.29) is 11.7 Å². The lowest BCUT2D eigenvalue weighted by Gasteiger charge is -2.21. The Bertz CT molecular complexity index is 1160. The summed E-state index contributed by atoms with van der Waals surface area (Å²) in [7, 11) is 0. The molecule has 2 aromatic heterocycles. The Morgan fingerprint density at radius 1 is 0.964 bits per heavy atom. The zero-order valence-corrected chi connectivity index (χ0v) is 16.7. The van der Waals surface area contributed by atoms with Crippen LogP contribution in [-0.4, -0.2) is 15.1 Å². The first-order valence-electron chi connectivity index (χ1n) is 8.96. The fourth-order valence-corrected chi connectivity index (χ4v) is 3.94. The van der Waals surface area contributed by atoms with Crippen LogP contribution >= 0.6 is 23.2 Å². The van der Waals surface area contributed by atoms with Crippen LogP contribution < -0.4 is 0 Å². The summed E-state index contributed by atoms with van der Waals surface area (Å²) in [5.74, 6) is 0.0622. The molecule has 0 fully saturated rings. The number of rotatable bonds is 4. The molecule has 0 radical (unpaired) electrons. The Morgan fingerprint density at radius 3 is 2.61 bits per heavy atom. The van der Waals surface area contributed by atoms with Crippen LogP contribution in [0.15, 0.2) is 67.0 Å². The molecule has 0 saturated carbocycles. The Balaban J connectivity index is 1.87. The summed E-state index contributed by atoms with van der Waals surface area (Å²) in [6.45, 7) is 1.99. The molecule has 1 unspecified atom stereocenters. The SMILES string of the molecule is Cc1cc(Cl)cnc1CC(c1cccc(Cl)c1)c1ccc2cccnc2c1O. The number of halogens is 2. The van der Waals surface area contributed by atoms with Crippen molar-refractivity contribution in [2.45, 2.75) is 19.3 Å². The van der Waals surface area contributed by atoms with Gasteiger partial charge in [0, 0.05) is 46.4 Å². The van der Waals surface area contributed by atoms with Gasteiger partial charge in [0.2, 0.25) is 0 Å². The quantitative estimate of drug-likeness (QED) is 0.429. The van der Waals surface area contributed by atoms with E-state index >= 15 is 0 Å². The third kappa shape index (κ3) is 3.68. The number of aromatic nitrogens is 2. The molecule has 1 atom stereocenters. The number of benzene rings is 2. The van der Waals surface area contributed by atoms with Crippen LogP contribution in [0.4, 0.5) is 0 Å². The van der Waals surface area contributed by atoms with Crippen molar-refractivity contribution < 1.29 is 5.11 Å². The molecule has 2 aromatic carbocycles. The second-order valence-electron chi connectivity index (χ2n) is 6.81. The third-order valence-corrected chi connectivity index (χ3v) is 5.40. The van der Waals surface area contributed by atoms with Gasteiger partial charge in [-0.3, -0.25) is 9.97 Å². The molecule has 2 heterocycles. The lowest BCUT2D eigenvalue weighted by Crippen LogP contribution is -2.08. The number of aromatic hydroxyl groups is 1. The molecule has 4 aromatic rings. The van der Waals surface area contributed by atoms with E-state index in [9.17, 15) is 5.11 Å². The van der Waals surface area contributed by atoms with Crippen molar-refractivity contribution in [2.75, 3.05) is 0 Å². The Hall–Kier alpha value is -2.62. The van der Waals surface area contributed by atoms with E-state index in [1.54, 1.807) is 12.4 Å². The lowest BCUT2D eigenvalue weighted by molar-refractivity contribution is 0.469. The number of hydrogen-bond donors (Lipinski definition) is 1. The van der Waals surface area contributed by atoms with Gasteiger partial charge in [-0.15, -0.1) is 0 Å². The van der Waals surface area contributed by atoms with Crippen molar-refractivity contribution in [2.24, 2.45) is 0 Å². The van der Waals surface area contributed by atoms with Crippen molar-refractivity contribution >= 4 is 34.1 Å². The van der Waals surface area contributed by atoms with Crippen molar-refractivity contribution in [3.8, 4) is 5.75 Å².